The average molecular weight is 446 g/mol. The van der Waals surface area contributed by atoms with Gasteiger partial charge in [-0.05, 0) is 69.9 Å². The van der Waals surface area contributed by atoms with Crippen LogP contribution in [0.1, 0.15) is 68.8 Å². The summed E-state index contributed by atoms with van der Waals surface area (Å²) in [5.74, 6) is -1.02. The molecular weight excluding hydrogens is 418 g/mol. The second kappa shape index (κ2) is 7.68. The highest BCUT2D eigenvalue weighted by Gasteiger charge is 2.37. The lowest BCUT2D eigenvalue weighted by atomic mass is 9.79. The zero-order chi connectivity index (χ0) is 23.6. The summed E-state index contributed by atoms with van der Waals surface area (Å²) in [5, 5.41) is 22.8. The van der Waals surface area contributed by atoms with E-state index in [1.807, 2.05) is 34.0 Å². The van der Waals surface area contributed by atoms with E-state index < -0.39 is 5.78 Å². The van der Waals surface area contributed by atoms with Crippen LogP contribution in [-0.2, 0) is 4.74 Å². The van der Waals surface area contributed by atoms with Gasteiger partial charge in [0.25, 0.3) is 0 Å². The number of hydrogen-bond donors (Lipinski definition) is 2. The minimum atomic E-state index is -0.421. The summed E-state index contributed by atoms with van der Waals surface area (Å²) >= 11 is 0. The third kappa shape index (κ3) is 3.24. The molecule has 0 unspecified atom stereocenters. The number of carbonyl (C=O) groups excluding carboxylic acids is 2. The molecule has 1 saturated heterocycles. The number of benzene rings is 3. The van der Waals surface area contributed by atoms with Gasteiger partial charge < -0.3 is 19.8 Å². The maximum Gasteiger partial charge on any atom is 0.198 e. The van der Waals surface area contributed by atoms with Gasteiger partial charge in [-0.1, -0.05) is 18.2 Å². The van der Waals surface area contributed by atoms with Crippen LogP contribution in [0.3, 0.4) is 0 Å². The molecule has 170 valence electrons. The lowest BCUT2D eigenvalue weighted by Gasteiger charge is -2.38. The lowest BCUT2D eigenvalue weighted by molar-refractivity contribution is -0.0830. The van der Waals surface area contributed by atoms with Crippen LogP contribution in [0.25, 0.3) is 10.8 Å². The summed E-state index contributed by atoms with van der Waals surface area (Å²) in [4.78, 5) is 29.1. The molecule has 2 aliphatic rings. The molecule has 0 amide bonds. The van der Waals surface area contributed by atoms with E-state index >= 15 is 0 Å². The first-order valence-electron chi connectivity index (χ1n) is 11.2. The van der Waals surface area contributed by atoms with E-state index in [0.29, 0.717) is 22.8 Å². The third-order valence-corrected chi connectivity index (χ3v) is 7.05. The molecule has 0 bridgehead atoms. The molecular formula is C27H27NO5. The normalized spacial score (nSPS) is 22.5. The Morgan fingerprint density at radius 3 is 2.30 bits per heavy atom. The van der Waals surface area contributed by atoms with Crippen LogP contribution < -0.4 is 0 Å². The van der Waals surface area contributed by atoms with E-state index in [2.05, 4.69) is 4.90 Å². The van der Waals surface area contributed by atoms with Crippen molar-refractivity contribution in [3.8, 4) is 11.5 Å². The van der Waals surface area contributed by atoms with Gasteiger partial charge in [-0.3, -0.25) is 9.59 Å². The first kappa shape index (κ1) is 21.6. The highest BCUT2D eigenvalue weighted by atomic mass is 16.5. The maximum absolute atomic E-state index is 13.5. The molecule has 1 fully saturated rings. The fourth-order valence-corrected chi connectivity index (χ4v) is 5.45. The average Bonchev–Trinajstić information content (AvgIpc) is 2.76. The minimum absolute atomic E-state index is 0.0157. The van der Waals surface area contributed by atoms with Crippen molar-refractivity contribution in [3.05, 3.63) is 69.8 Å². The monoisotopic (exact) mass is 445 g/mol. The Balaban J connectivity index is 1.61. The van der Waals surface area contributed by atoms with Gasteiger partial charge in [0.05, 0.1) is 17.8 Å². The van der Waals surface area contributed by atoms with E-state index in [1.54, 1.807) is 30.3 Å². The van der Waals surface area contributed by atoms with Crippen LogP contribution in [0.4, 0.5) is 0 Å². The van der Waals surface area contributed by atoms with Gasteiger partial charge in [0.2, 0.25) is 0 Å². The predicted molar refractivity (Wildman–Crippen MR) is 125 cm³/mol. The Kier molecular flexibility index (Phi) is 5.03. The zero-order valence-corrected chi connectivity index (χ0v) is 19.2. The molecule has 3 atom stereocenters. The van der Waals surface area contributed by atoms with Crippen molar-refractivity contribution in [3.63, 3.8) is 0 Å². The quantitative estimate of drug-likeness (QED) is 0.472. The Hall–Kier alpha value is -3.22. The second-order valence-corrected chi connectivity index (χ2v) is 9.39. The molecule has 1 aliphatic carbocycles. The molecule has 33 heavy (non-hydrogen) atoms. The number of fused-ring (bicyclic) bond motifs is 4. The first-order valence-corrected chi connectivity index (χ1v) is 11.2. The Morgan fingerprint density at radius 1 is 0.939 bits per heavy atom. The number of rotatable bonds is 2. The molecule has 0 aromatic heterocycles. The standard InChI is InChI=1S/C27H27NO5/c1-13-11-15-5-6-17-23(22(15)20(29)12-13)26(31)18-8-7-16(25(30)24(18)27(17)32)21-10-9-19(28(3)4)14(2)33-21/h5-8,11-12,14,19,21,29-30H,9-10H2,1-4H3/t14-,19-,21+/m0/s1. The predicted octanol–water partition coefficient (Wildman–Crippen LogP) is 4.51. The number of ether oxygens (including phenoxy) is 1. The van der Waals surface area contributed by atoms with Crippen molar-refractivity contribution in [2.75, 3.05) is 14.1 Å². The Morgan fingerprint density at radius 2 is 1.61 bits per heavy atom. The van der Waals surface area contributed by atoms with E-state index in [-0.39, 0.29) is 57.8 Å². The molecule has 0 radical (unpaired) electrons. The first-order chi connectivity index (χ1) is 15.7. The summed E-state index contributed by atoms with van der Waals surface area (Å²) in [6.07, 6.45) is 1.21. The molecule has 1 aliphatic heterocycles. The van der Waals surface area contributed by atoms with E-state index in [1.165, 1.54) is 0 Å². The van der Waals surface area contributed by atoms with Crippen molar-refractivity contribution in [1.29, 1.82) is 0 Å². The topological polar surface area (TPSA) is 87.1 Å². The van der Waals surface area contributed by atoms with Crippen LogP contribution in [-0.4, -0.2) is 52.9 Å². The minimum Gasteiger partial charge on any atom is -0.507 e. The summed E-state index contributed by atoms with van der Waals surface area (Å²) < 4.78 is 6.20. The fourth-order valence-electron chi connectivity index (χ4n) is 5.45. The zero-order valence-electron chi connectivity index (χ0n) is 19.2. The van der Waals surface area contributed by atoms with Crippen LogP contribution in [0, 0.1) is 6.92 Å². The fraction of sp³-hybridized carbons (Fsp3) is 0.333. The van der Waals surface area contributed by atoms with Crippen molar-refractivity contribution in [1.82, 2.24) is 4.90 Å². The number of phenols is 2. The van der Waals surface area contributed by atoms with Crippen LogP contribution in [0.5, 0.6) is 11.5 Å². The highest BCUT2D eigenvalue weighted by molar-refractivity contribution is 6.33. The van der Waals surface area contributed by atoms with Gasteiger partial charge in [0, 0.05) is 33.7 Å². The Labute approximate surface area is 192 Å². The maximum atomic E-state index is 13.5. The third-order valence-electron chi connectivity index (χ3n) is 7.05. The molecule has 0 spiro atoms. The molecule has 6 heteroatoms. The van der Waals surface area contributed by atoms with Gasteiger partial charge in [-0.25, -0.2) is 0 Å². The highest BCUT2D eigenvalue weighted by Crippen LogP contribution is 2.44. The number of ketones is 2. The molecule has 6 nitrogen and oxygen atoms in total. The smallest absolute Gasteiger partial charge is 0.198 e. The van der Waals surface area contributed by atoms with E-state index in [4.69, 9.17) is 4.74 Å². The lowest BCUT2D eigenvalue weighted by Crippen LogP contribution is -2.43. The number of likely N-dealkylation sites (N-methyl/N-ethyl adjacent to an activating group) is 1. The van der Waals surface area contributed by atoms with Crippen molar-refractivity contribution >= 4 is 22.3 Å². The van der Waals surface area contributed by atoms with Crippen LogP contribution >= 0.6 is 0 Å². The molecule has 3 aromatic rings. The van der Waals surface area contributed by atoms with Gasteiger partial charge in [-0.15, -0.1) is 0 Å². The van der Waals surface area contributed by atoms with Gasteiger partial charge in [-0.2, -0.15) is 0 Å². The van der Waals surface area contributed by atoms with E-state index in [0.717, 1.165) is 12.0 Å². The number of hydrogen-bond acceptors (Lipinski definition) is 6. The number of aromatic hydroxyl groups is 2. The molecule has 0 saturated carbocycles. The van der Waals surface area contributed by atoms with Crippen molar-refractivity contribution in [2.45, 2.75) is 44.9 Å². The number of phenolic OH excluding ortho intramolecular Hbond substituents is 2. The largest absolute Gasteiger partial charge is 0.507 e. The van der Waals surface area contributed by atoms with Crippen molar-refractivity contribution in [2.24, 2.45) is 0 Å². The number of aryl methyl sites for hydroxylation is 1. The number of carbonyl (C=O) groups is 2. The van der Waals surface area contributed by atoms with Gasteiger partial charge in [0.1, 0.15) is 11.5 Å². The number of nitrogens with zero attached hydrogens (tertiary/aromatic N) is 1. The second-order valence-electron chi connectivity index (χ2n) is 9.39. The van der Waals surface area contributed by atoms with Gasteiger partial charge in [0.15, 0.2) is 11.6 Å². The van der Waals surface area contributed by atoms with Crippen LogP contribution in [0.2, 0.25) is 0 Å². The molecule has 3 aromatic carbocycles. The van der Waals surface area contributed by atoms with Gasteiger partial charge >= 0.3 is 0 Å². The summed E-state index contributed by atoms with van der Waals surface area (Å²) in [6, 6.07) is 10.3. The summed E-state index contributed by atoms with van der Waals surface area (Å²) in [6.45, 7) is 3.87. The van der Waals surface area contributed by atoms with E-state index in [9.17, 15) is 19.8 Å². The summed E-state index contributed by atoms with van der Waals surface area (Å²) in [7, 11) is 4.04. The Bertz CT molecular complexity index is 1330. The molecule has 1 heterocycles. The molecule has 2 N–H and O–H groups in total. The van der Waals surface area contributed by atoms with Crippen LogP contribution in [0.15, 0.2) is 36.4 Å². The summed E-state index contributed by atoms with van der Waals surface area (Å²) in [5.41, 5.74) is 1.93. The van der Waals surface area contributed by atoms with Crippen molar-refractivity contribution < 1.29 is 24.5 Å². The SMILES string of the molecule is Cc1cc(O)c2c3c(ccc2c1)C(=O)c1c(ccc([C@H]2CC[C@H](N(C)C)[C@H](C)O2)c1O)C3=O. The molecule has 5 rings (SSSR count).